The Balaban J connectivity index is 1.81. The van der Waals surface area contributed by atoms with Crippen LogP contribution >= 0.6 is 11.8 Å². The lowest BCUT2D eigenvalue weighted by atomic mass is 9.90. The van der Waals surface area contributed by atoms with E-state index in [9.17, 15) is 9.18 Å². The van der Waals surface area contributed by atoms with Crippen molar-refractivity contribution in [3.05, 3.63) is 120 Å². The summed E-state index contributed by atoms with van der Waals surface area (Å²) in [6.07, 6.45) is 8.06. The van der Waals surface area contributed by atoms with Crippen LogP contribution in [0.15, 0.2) is 103 Å². The van der Waals surface area contributed by atoms with Crippen LogP contribution in [-0.4, -0.2) is 17.4 Å². The number of hydrogen-bond acceptors (Lipinski definition) is 2. The van der Waals surface area contributed by atoms with Gasteiger partial charge in [0.2, 0.25) is 5.91 Å². The van der Waals surface area contributed by atoms with Crippen molar-refractivity contribution in [2.45, 2.75) is 11.2 Å². The molecule has 0 radical (unpaired) electrons. The van der Waals surface area contributed by atoms with E-state index in [0.29, 0.717) is 5.69 Å². The molecule has 1 heterocycles. The summed E-state index contributed by atoms with van der Waals surface area (Å²) in [4.78, 5) is 15.3. The molecular weight excluding hydrogens is 393 g/mol. The summed E-state index contributed by atoms with van der Waals surface area (Å²) in [5.41, 5.74) is 3.60. The topological polar surface area (TPSA) is 20.3 Å². The van der Waals surface area contributed by atoms with Crippen molar-refractivity contribution in [3.8, 4) is 0 Å². The van der Waals surface area contributed by atoms with Gasteiger partial charge in [-0.2, -0.15) is 11.8 Å². The molecule has 0 N–H and O–H groups in total. The molecule has 2 nitrogen and oxygen atoms in total. The van der Waals surface area contributed by atoms with Gasteiger partial charge < -0.3 is 0 Å². The fourth-order valence-corrected chi connectivity index (χ4v) is 4.53. The minimum atomic E-state index is -0.322. The molecular formula is C26H22FNOS. The van der Waals surface area contributed by atoms with Crippen molar-refractivity contribution in [3.63, 3.8) is 0 Å². The second-order valence-corrected chi connectivity index (χ2v) is 8.06. The average Bonchev–Trinajstić information content (AvgIpc) is 2.79. The third-order valence-electron chi connectivity index (χ3n) is 5.17. The first-order valence-corrected chi connectivity index (χ1v) is 11.1. The van der Waals surface area contributed by atoms with E-state index in [1.807, 2.05) is 66.9 Å². The Hall–Kier alpha value is -3.11. The molecule has 0 saturated carbocycles. The number of nitrogens with zero attached hydrogens (tertiary/aromatic N) is 1. The molecule has 150 valence electrons. The summed E-state index contributed by atoms with van der Waals surface area (Å²) < 4.78 is 13.5. The monoisotopic (exact) mass is 415 g/mol. The summed E-state index contributed by atoms with van der Waals surface area (Å²) in [5.74, 6) is -0.365. The summed E-state index contributed by atoms with van der Waals surface area (Å²) in [7, 11) is 0. The highest BCUT2D eigenvalue weighted by Crippen LogP contribution is 2.38. The molecule has 4 heteroatoms. The zero-order valence-corrected chi connectivity index (χ0v) is 17.4. The molecule has 3 aromatic rings. The zero-order chi connectivity index (χ0) is 20.9. The zero-order valence-electron chi connectivity index (χ0n) is 16.6. The van der Waals surface area contributed by atoms with Crippen LogP contribution in [0.3, 0.4) is 0 Å². The van der Waals surface area contributed by atoms with Gasteiger partial charge in [0, 0.05) is 17.3 Å². The Labute approximate surface area is 180 Å². The first-order chi connectivity index (χ1) is 14.7. The lowest BCUT2D eigenvalue weighted by Gasteiger charge is -2.36. The lowest BCUT2D eigenvalue weighted by molar-refractivity contribution is -0.118. The number of anilines is 1. The fraction of sp³-hybridized carbons (Fsp3) is 0.115. The van der Waals surface area contributed by atoms with Crippen molar-refractivity contribution in [1.29, 1.82) is 0 Å². The minimum absolute atomic E-state index is 0.00169. The molecule has 1 aliphatic heterocycles. The quantitative estimate of drug-likeness (QED) is 0.488. The Kier molecular flexibility index (Phi) is 6.15. The summed E-state index contributed by atoms with van der Waals surface area (Å²) in [6.45, 7) is 0. The third kappa shape index (κ3) is 4.24. The second-order valence-electron chi connectivity index (χ2n) is 7.08. The van der Waals surface area contributed by atoms with Crippen molar-refractivity contribution in [1.82, 2.24) is 0 Å². The normalized spacial score (nSPS) is 19.2. The molecule has 0 saturated heterocycles. The first kappa shape index (κ1) is 20.2. The molecule has 1 amide bonds. The van der Waals surface area contributed by atoms with Gasteiger partial charge in [-0.1, -0.05) is 72.8 Å². The number of hydrogen-bond donors (Lipinski definition) is 0. The van der Waals surface area contributed by atoms with E-state index in [-0.39, 0.29) is 22.9 Å². The van der Waals surface area contributed by atoms with Crippen molar-refractivity contribution < 1.29 is 9.18 Å². The van der Waals surface area contributed by atoms with E-state index in [0.717, 1.165) is 16.8 Å². The molecule has 0 unspecified atom stereocenters. The number of carbonyl (C=O) groups is 1. The smallest absolute Gasteiger partial charge is 0.245 e. The van der Waals surface area contributed by atoms with E-state index in [1.165, 1.54) is 12.1 Å². The van der Waals surface area contributed by atoms with Crippen LogP contribution in [0, 0.1) is 5.82 Å². The Morgan fingerprint density at radius 3 is 2.13 bits per heavy atom. The highest BCUT2D eigenvalue weighted by atomic mass is 32.2. The van der Waals surface area contributed by atoms with Gasteiger partial charge >= 0.3 is 0 Å². The molecule has 1 aliphatic rings. The number of allylic oxidation sites excluding steroid dienone is 2. The number of carbonyl (C=O) groups excluding carboxylic acids is 1. The maximum atomic E-state index is 13.6. The lowest BCUT2D eigenvalue weighted by Crippen LogP contribution is -2.43. The highest BCUT2D eigenvalue weighted by molar-refractivity contribution is 8.00. The molecule has 0 aliphatic carbocycles. The number of benzene rings is 3. The molecule has 4 rings (SSSR count). The second kappa shape index (κ2) is 9.14. The maximum Gasteiger partial charge on any atom is 0.245 e. The number of amides is 1. The minimum Gasteiger partial charge on any atom is -0.280 e. The van der Waals surface area contributed by atoms with Crippen molar-refractivity contribution >= 4 is 29.4 Å². The van der Waals surface area contributed by atoms with Crippen molar-refractivity contribution in [2.24, 2.45) is 0 Å². The van der Waals surface area contributed by atoms with Gasteiger partial charge in [0.1, 0.15) is 5.82 Å². The molecule has 2 atom stereocenters. The standard InChI is InChI=1S/C26H22FNOS/c1-30-25-24(20-10-6-3-7-11-20)18-23(15-12-19-8-4-2-5-9-19)28(26(25)29)22-16-13-21(27)14-17-22/h2-18,24-25H,1H3/b15-12+/t24-,25-/m1/s1. The van der Waals surface area contributed by atoms with Gasteiger partial charge in [-0.25, -0.2) is 4.39 Å². The SMILES string of the molecule is CS[C@H]1C(=O)N(c2ccc(F)cc2)C(/C=C/c2ccccc2)=C[C@@H]1c1ccccc1. The van der Waals surface area contributed by atoms with Gasteiger partial charge in [-0.15, -0.1) is 0 Å². The van der Waals surface area contributed by atoms with Gasteiger partial charge in [-0.05, 0) is 47.7 Å². The molecule has 3 aromatic carbocycles. The fourth-order valence-electron chi connectivity index (χ4n) is 3.69. The predicted octanol–water partition coefficient (Wildman–Crippen LogP) is 6.29. The Morgan fingerprint density at radius 1 is 0.867 bits per heavy atom. The maximum absolute atomic E-state index is 13.6. The van der Waals surface area contributed by atoms with E-state index in [1.54, 1.807) is 28.8 Å². The van der Waals surface area contributed by atoms with Crippen LogP contribution in [0.2, 0.25) is 0 Å². The molecule has 0 fully saturated rings. The van der Waals surface area contributed by atoms with Gasteiger partial charge in [-0.3, -0.25) is 9.69 Å². The summed E-state index contributed by atoms with van der Waals surface area (Å²) in [6, 6.07) is 26.1. The van der Waals surface area contributed by atoms with E-state index >= 15 is 0 Å². The van der Waals surface area contributed by atoms with Crippen molar-refractivity contribution in [2.75, 3.05) is 11.2 Å². The Bertz CT molecular complexity index is 1060. The van der Waals surface area contributed by atoms with Crippen LogP contribution in [0.4, 0.5) is 10.1 Å². The van der Waals surface area contributed by atoms with Crippen LogP contribution in [0.25, 0.3) is 6.08 Å². The first-order valence-electron chi connectivity index (χ1n) is 9.79. The molecule has 0 bridgehead atoms. The van der Waals surface area contributed by atoms with E-state index < -0.39 is 0 Å². The van der Waals surface area contributed by atoms with Gasteiger partial charge in [0.05, 0.1) is 5.25 Å². The van der Waals surface area contributed by atoms with E-state index in [2.05, 4.69) is 18.2 Å². The molecule has 0 spiro atoms. The van der Waals surface area contributed by atoms with Crippen LogP contribution < -0.4 is 4.90 Å². The van der Waals surface area contributed by atoms with Crippen LogP contribution in [0.1, 0.15) is 17.0 Å². The number of halogens is 1. The Morgan fingerprint density at radius 2 is 1.50 bits per heavy atom. The predicted molar refractivity (Wildman–Crippen MR) is 124 cm³/mol. The van der Waals surface area contributed by atoms with E-state index in [4.69, 9.17) is 0 Å². The summed E-state index contributed by atoms with van der Waals surface area (Å²) in [5, 5.41) is -0.258. The molecule has 0 aromatic heterocycles. The van der Waals surface area contributed by atoms with Crippen LogP contribution in [-0.2, 0) is 4.79 Å². The third-order valence-corrected chi connectivity index (χ3v) is 6.17. The van der Waals surface area contributed by atoms with Crippen LogP contribution in [0.5, 0.6) is 0 Å². The molecule has 30 heavy (non-hydrogen) atoms. The van der Waals surface area contributed by atoms with Gasteiger partial charge in [0.25, 0.3) is 0 Å². The highest BCUT2D eigenvalue weighted by Gasteiger charge is 2.37. The number of rotatable bonds is 5. The largest absolute Gasteiger partial charge is 0.280 e. The van der Waals surface area contributed by atoms with Gasteiger partial charge in [0.15, 0.2) is 0 Å². The summed E-state index contributed by atoms with van der Waals surface area (Å²) >= 11 is 1.54. The number of thioether (sulfide) groups is 1. The average molecular weight is 416 g/mol.